The Balaban J connectivity index is 1.43. The largest absolute Gasteiger partial charge is 0.444 e. The molecule has 1 aliphatic carbocycles. The van der Waals surface area contributed by atoms with Gasteiger partial charge in [-0.15, -0.1) is 0 Å². The molecule has 2 aliphatic rings. The summed E-state index contributed by atoms with van der Waals surface area (Å²) in [5.41, 5.74) is 0.758. The van der Waals surface area contributed by atoms with Crippen molar-refractivity contribution in [3.05, 3.63) is 47.2 Å². The summed E-state index contributed by atoms with van der Waals surface area (Å²) in [4.78, 5) is 40.9. The number of hydrogen-bond acceptors (Lipinski definition) is 5. The number of amides is 3. The Morgan fingerprint density at radius 2 is 1.83 bits per heavy atom. The van der Waals surface area contributed by atoms with Gasteiger partial charge < -0.3 is 19.9 Å². The molecular weight excluding hydrogens is 470 g/mol. The molecule has 35 heavy (non-hydrogen) atoms. The molecule has 1 aliphatic heterocycles. The van der Waals surface area contributed by atoms with Gasteiger partial charge in [-0.2, -0.15) is 9.78 Å². The summed E-state index contributed by atoms with van der Waals surface area (Å²) in [6.07, 6.45) is 4.20. The van der Waals surface area contributed by atoms with E-state index in [9.17, 15) is 14.4 Å². The SMILES string of the molecule is CC(=O)Nc1cnn(C(=O)N2C[C@H]3C[C@@H](N(Cc4ccccc4Cl)C(=O)OC(C)(C)C)C[C@H]3C2)c1. The zero-order valence-corrected chi connectivity index (χ0v) is 21.3. The standard InChI is InChI=1S/C25H32ClN5O4/c1-16(32)28-20-11-27-31(15-20)23(33)29-12-18-9-21(10-19(18)13-29)30(24(34)35-25(2,3)4)14-17-7-5-6-8-22(17)26/h5-8,11,15,18-19,21H,9-10,12-14H2,1-4H3,(H,28,32)/t18-,19+,21-. The van der Waals surface area contributed by atoms with Crippen LogP contribution in [0.5, 0.6) is 0 Å². The second kappa shape index (κ2) is 9.89. The van der Waals surface area contributed by atoms with Gasteiger partial charge in [0.25, 0.3) is 0 Å². The number of fused-ring (bicyclic) bond motifs is 1. The average Bonchev–Trinajstić information content (AvgIpc) is 3.46. The molecular formula is C25H32ClN5O4. The number of carbonyl (C=O) groups is 3. The maximum Gasteiger partial charge on any atom is 0.410 e. The topological polar surface area (TPSA) is 96.8 Å². The van der Waals surface area contributed by atoms with Crippen LogP contribution < -0.4 is 5.32 Å². The van der Waals surface area contributed by atoms with Crippen molar-refractivity contribution in [1.82, 2.24) is 19.6 Å². The molecule has 1 aromatic carbocycles. The van der Waals surface area contributed by atoms with Gasteiger partial charge in [0.05, 0.1) is 24.6 Å². The van der Waals surface area contributed by atoms with Crippen molar-refractivity contribution in [2.45, 2.75) is 58.7 Å². The van der Waals surface area contributed by atoms with Crippen molar-refractivity contribution in [1.29, 1.82) is 0 Å². The van der Waals surface area contributed by atoms with Crippen molar-refractivity contribution in [3.8, 4) is 0 Å². The summed E-state index contributed by atoms with van der Waals surface area (Å²) in [6.45, 7) is 8.56. The zero-order chi connectivity index (χ0) is 25.3. The van der Waals surface area contributed by atoms with Crippen molar-refractivity contribution >= 4 is 35.3 Å². The monoisotopic (exact) mass is 501 g/mol. The van der Waals surface area contributed by atoms with Crippen LogP contribution in [0.25, 0.3) is 0 Å². The van der Waals surface area contributed by atoms with Gasteiger partial charge in [-0.3, -0.25) is 4.79 Å². The van der Waals surface area contributed by atoms with Crippen LogP contribution in [0.1, 0.15) is 46.1 Å². The van der Waals surface area contributed by atoms with E-state index in [4.69, 9.17) is 16.3 Å². The van der Waals surface area contributed by atoms with Crippen LogP contribution >= 0.6 is 11.6 Å². The smallest absolute Gasteiger partial charge is 0.410 e. The molecule has 2 heterocycles. The zero-order valence-electron chi connectivity index (χ0n) is 20.5. The van der Waals surface area contributed by atoms with Gasteiger partial charge in [-0.25, -0.2) is 9.59 Å². The lowest BCUT2D eigenvalue weighted by Crippen LogP contribution is -2.43. The first-order valence-corrected chi connectivity index (χ1v) is 12.2. The second-order valence-electron chi connectivity index (χ2n) is 10.4. The fourth-order valence-corrected chi connectivity index (χ4v) is 5.19. The predicted molar refractivity (Wildman–Crippen MR) is 132 cm³/mol. The fraction of sp³-hybridized carbons (Fsp3) is 0.520. The first kappa shape index (κ1) is 25.0. The van der Waals surface area contributed by atoms with Crippen LogP contribution in [0.4, 0.5) is 15.3 Å². The number of rotatable bonds is 4. The molecule has 1 N–H and O–H groups in total. The van der Waals surface area contributed by atoms with E-state index < -0.39 is 5.60 Å². The Morgan fingerprint density at radius 3 is 2.43 bits per heavy atom. The maximum atomic E-state index is 13.2. The average molecular weight is 502 g/mol. The minimum atomic E-state index is -0.604. The van der Waals surface area contributed by atoms with Crippen LogP contribution in [-0.4, -0.2) is 62.3 Å². The summed E-state index contributed by atoms with van der Waals surface area (Å²) in [6, 6.07) is 7.32. The predicted octanol–water partition coefficient (Wildman–Crippen LogP) is 4.61. The van der Waals surface area contributed by atoms with Gasteiger partial charge in [0.15, 0.2) is 0 Å². The Morgan fingerprint density at radius 1 is 1.17 bits per heavy atom. The number of aromatic nitrogens is 2. The molecule has 10 heteroatoms. The molecule has 4 rings (SSSR count). The third-order valence-electron chi connectivity index (χ3n) is 6.46. The number of likely N-dealkylation sites (tertiary alicyclic amines) is 1. The molecule has 2 aromatic rings. The number of ether oxygens (including phenoxy) is 1. The Hall–Kier alpha value is -3.07. The Labute approximate surface area is 210 Å². The number of anilines is 1. The van der Waals surface area contributed by atoms with E-state index in [-0.39, 0.29) is 35.9 Å². The van der Waals surface area contributed by atoms with Crippen molar-refractivity contribution < 1.29 is 19.1 Å². The molecule has 1 aromatic heterocycles. The van der Waals surface area contributed by atoms with Crippen LogP contribution in [0.15, 0.2) is 36.7 Å². The lowest BCUT2D eigenvalue weighted by molar-refractivity contribution is -0.114. The summed E-state index contributed by atoms with van der Waals surface area (Å²) < 4.78 is 6.99. The highest BCUT2D eigenvalue weighted by Gasteiger charge is 2.46. The molecule has 3 atom stereocenters. The molecule has 188 valence electrons. The highest BCUT2D eigenvalue weighted by molar-refractivity contribution is 6.31. The Bertz CT molecular complexity index is 1100. The summed E-state index contributed by atoms with van der Waals surface area (Å²) in [5.74, 6) is 0.348. The van der Waals surface area contributed by atoms with Gasteiger partial charge in [-0.05, 0) is 57.1 Å². The van der Waals surface area contributed by atoms with Gasteiger partial charge in [-0.1, -0.05) is 29.8 Å². The highest BCUT2D eigenvalue weighted by atomic mass is 35.5. The van der Waals surface area contributed by atoms with Gasteiger partial charge in [0, 0.05) is 31.1 Å². The third-order valence-corrected chi connectivity index (χ3v) is 6.83. The van der Waals surface area contributed by atoms with Crippen LogP contribution in [0, 0.1) is 11.8 Å². The molecule has 0 bridgehead atoms. The molecule has 3 amide bonds. The molecule has 0 spiro atoms. The van der Waals surface area contributed by atoms with Gasteiger partial charge >= 0.3 is 12.1 Å². The molecule has 9 nitrogen and oxygen atoms in total. The van der Waals surface area contributed by atoms with E-state index in [0.717, 1.165) is 18.4 Å². The normalized spacial score (nSPS) is 21.5. The molecule has 0 unspecified atom stereocenters. The van der Waals surface area contributed by atoms with Crippen LogP contribution in [0.3, 0.4) is 0 Å². The maximum absolute atomic E-state index is 13.2. The second-order valence-corrected chi connectivity index (χ2v) is 10.8. The van der Waals surface area contributed by atoms with E-state index in [0.29, 0.717) is 30.3 Å². The number of nitrogens with zero attached hydrogens (tertiary/aromatic N) is 4. The van der Waals surface area contributed by atoms with Crippen LogP contribution in [0.2, 0.25) is 5.02 Å². The molecule has 1 saturated heterocycles. The van der Waals surface area contributed by atoms with E-state index in [1.165, 1.54) is 24.0 Å². The lowest BCUT2D eigenvalue weighted by Gasteiger charge is -2.33. The number of carbonyl (C=O) groups excluding carboxylic acids is 3. The molecule has 0 radical (unpaired) electrons. The molecule has 2 fully saturated rings. The lowest BCUT2D eigenvalue weighted by atomic mass is 10.0. The van der Waals surface area contributed by atoms with Crippen molar-refractivity contribution in [2.24, 2.45) is 11.8 Å². The van der Waals surface area contributed by atoms with E-state index in [1.807, 2.05) is 45.0 Å². The number of benzene rings is 1. The van der Waals surface area contributed by atoms with Gasteiger partial charge in [0.2, 0.25) is 5.91 Å². The van der Waals surface area contributed by atoms with Crippen molar-refractivity contribution in [3.63, 3.8) is 0 Å². The summed E-state index contributed by atoms with van der Waals surface area (Å²) in [5, 5.41) is 7.34. The Kier molecular flexibility index (Phi) is 7.07. The highest BCUT2D eigenvalue weighted by Crippen LogP contribution is 2.41. The van der Waals surface area contributed by atoms with Crippen molar-refractivity contribution in [2.75, 3.05) is 18.4 Å². The quantitative estimate of drug-likeness (QED) is 0.659. The number of hydrogen-bond donors (Lipinski definition) is 1. The first-order valence-electron chi connectivity index (χ1n) is 11.8. The van der Waals surface area contributed by atoms with Gasteiger partial charge in [0.1, 0.15) is 5.60 Å². The van der Waals surface area contributed by atoms with E-state index in [2.05, 4.69) is 10.4 Å². The van der Waals surface area contributed by atoms with E-state index in [1.54, 1.807) is 9.80 Å². The minimum absolute atomic E-state index is 0.00412. The molecule has 1 saturated carbocycles. The third kappa shape index (κ3) is 5.96. The minimum Gasteiger partial charge on any atom is -0.444 e. The summed E-state index contributed by atoms with van der Waals surface area (Å²) >= 11 is 6.40. The van der Waals surface area contributed by atoms with E-state index >= 15 is 0 Å². The number of nitrogens with one attached hydrogen (secondary N) is 1. The fourth-order valence-electron chi connectivity index (χ4n) is 4.99. The van der Waals surface area contributed by atoms with Crippen LogP contribution in [-0.2, 0) is 16.1 Å². The summed E-state index contributed by atoms with van der Waals surface area (Å²) in [7, 11) is 0. The number of halogens is 1. The first-order chi connectivity index (χ1) is 16.5.